The lowest BCUT2D eigenvalue weighted by atomic mass is 10.1. The van der Waals surface area contributed by atoms with Crippen LogP contribution in [0.3, 0.4) is 0 Å². The zero-order valence-electron chi connectivity index (χ0n) is 15.9. The van der Waals surface area contributed by atoms with Crippen molar-refractivity contribution in [1.29, 1.82) is 0 Å². The Morgan fingerprint density at radius 3 is 2.34 bits per heavy atom. The third kappa shape index (κ3) is 4.12. The Morgan fingerprint density at radius 1 is 1.03 bits per heavy atom. The van der Waals surface area contributed by atoms with Crippen molar-refractivity contribution >= 4 is 38.4 Å². The minimum absolute atomic E-state index is 0.0730. The first-order valence-corrected chi connectivity index (χ1v) is 10.8. The van der Waals surface area contributed by atoms with Crippen LogP contribution in [-0.4, -0.2) is 31.8 Å². The van der Waals surface area contributed by atoms with Gasteiger partial charge in [0.05, 0.1) is 5.56 Å². The number of fused-ring (bicyclic) bond motifs is 1. The van der Waals surface area contributed by atoms with Gasteiger partial charge in [0.2, 0.25) is 10.0 Å². The Hall–Kier alpha value is -2.48. The van der Waals surface area contributed by atoms with E-state index in [0.717, 1.165) is 16.4 Å². The Bertz CT molecular complexity index is 1180. The van der Waals surface area contributed by atoms with Crippen molar-refractivity contribution in [2.24, 2.45) is 0 Å². The van der Waals surface area contributed by atoms with E-state index in [1.807, 2.05) is 6.07 Å². The van der Waals surface area contributed by atoms with E-state index in [4.69, 9.17) is 16.3 Å². The summed E-state index contributed by atoms with van der Waals surface area (Å²) in [7, 11) is -4.07. The van der Waals surface area contributed by atoms with Crippen LogP contribution in [-0.2, 0) is 10.0 Å². The highest BCUT2D eigenvalue weighted by Gasteiger charge is 2.27. The van der Waals surface area contributed by atoms with Gasteiger partial charge in [0.1, 0.15) is 16.5 Å². The highest BCUT2D eigenvalue weighted by molar-refractivity contribution is 7.89. The summed E-state index contributed by atoms with van der Waals surface area (Å²) in [4.78, 5) is 12.1. The molecule has 0 radical (unpaired) electrons. The predicted octanol–water partition coefficient (Wildman–Crippen LogP) is 4.88. The predicted molar refractivity (Wildman–Crippen MR) is 110 cm³/mol. The fourth-order valence-electron chi connectivity index (χ4n) is 3.01. The Labute approximate surface area is 173 Å². The molecule has 0 saturated heterocycles. The Kier molecular flexibility index (Phi) is 6.21. The minimum atomic E-state index is -4.07. The smallest absolute Gasteiger partial charge is 0.343 e. The molecule has 0 aliphatic rings. The molecule has 0 atom stereocenters. The number of sulfonamides is 1. The molecule has 29 heavy (non-hydrogen) atoms. The summed E-state index contributed by atoms with van der Waals surface area (Å²) >= 11 is 6.17. The van der Waals surface area contributed by atoms with Crippen molar-refractivity contribution in [3.8, 4) is 5.75 Å². The van der Waals surface area contributed by atoms with E-state index in [1.165, 1.54) is 6.07 Å². The molecule has 3 aromatic carbocycles. The van der Waals surface area contributed by atoms with Crippen molar-refractivity contribution in [3.05, 3.63) is 71.0 Å². The largest absolute Gasteiger partial charge is 0.422 e. The summed E-state index contributed by atoms with van der Waals surface area (Å²) in [6.45, 7) is 3.68. The van der Waals surface area contributed by atoms with Gasteiger partial charge in [-0.3, -0.25) is 0 Å². The van der Waals surface area contributed by atoms with E-state index in [9.17, 15) is 17.6 Å². The minimum Gasteiger partial charge on any atom is -0.422 e. The molecule has 0 unspecified atom stereocenters. The van der Waals surface area contributed by atoms with Crippen LogP contribution in [0.15, 0.2) is 59.5 Å². The number of rotatable bonds is 6. The number of carbonyl (C=O) groups excluding carboxylic acids is 1. The fourth-order valence-corrected chi connectivity index (χ4v) is 4.79. The molecule has 8 heteroatoms. The summed E-state index contributed by atoms with van der Waals surface area (Å²) in [6, 6.07) is 13.4. The quantitative estimate of drug-likeness (QED) is 0.409. The molecule has 0 heterocycles. The number of benzene rings is 3. The number of halogens is 2. The molecule has 5 nitrogen and oxygen atoms in total. The van der Waals surface area contributed by atoms with Crippen LogP contribution in [0.2, 0.25) is 5.02 Å². The third-order valence-electron chi connectivity index (χ3n) is 4.52. The summed E-state index contributed by atoms with van der Waals surface area (Å²) in [5.41, 5.74) is -0.0730. The zero-order valence-corrected chi connectivity index (χ0v) is 17.4. The molecule has 0 fully saturated rings. The van der Waals surface area contributed by atoms with Gasteiger partial charge in [0.25, 0.3) is 0 Å². The maximum absolute atomic E-state index is 14.3. The lowest BCUT2D eigenvalue weighted by Gasteiger charge is -2.19. The maximum Gasteiger partial charge on any atom is 0.343 e. The summed E-state index contributed by atoms with van der Waals surface area (Å²) < 4.78 is 46.2. The summed E-state index contributed by atoms with van der Waals surface area (Å²) in [6.07, 6.45) is 0. The molecule has 0 amide bonds. The molecule has 0 bridgehead atoms. The highest BCUT2D eigenvalue weighted by atomic mass is 35.5. The first kappa shape index (κ1) is 21.2. The molecule has 3 aromatic rings. The number of carbonyl (C=O) groups is 1. The normalized spacial score (nSPS) is 11.8. The van der Waals surface area contributed by atoms with Gasteiger partial charge in [-0.05, 0) is 30.3 Å². The molecular weight excluding hydrogens is 417 g/mol. The number of nitrogens with zero attached hydrogens (tertiary/aromatic N) is 1. The van der Waals surface area contributed by atoms with Crippen LogP contribution >= 0.6 is 11.6 Å². The topological polar surface area (TPSA) is 63.7 Å². The molecule has 152 valence electrons. The van der Waals surface area contributed by atoms with Crippen molar-refractivity contribution in [2.45, 2.75) is 18.7 Å². The zero-order chi connectivity index (χ0) is 21.2. The van der Waals surface area contributed by atoms with Gasteiger partial charge in [-0.1, -0.05) is 49.7 Å². The molecule has 0 aliphatic heterocycles. The van der Waals surface area contributed by atoms with Crippen molar-refractivity contribution < 1.29 is 22.3 Å². The van der Waals surface area contributed by atoms with Gasteiger partial charge in [0, 0.05) is 28.9 Å². The molecule has 0 aromatic heterocycles. The summed E-state index contributed by atoms with van der Waals surface area (Å²) in [5.74, 6) is -1.45. The molecular formula is C21H19ClFNO4S. The van der Waals surface area contributed by atoms with Gasteiger partial charge < -0.3 is 4.74 Å². The first-order chi connectivity index (χ1) is 13.8. The molecule has 3 rings (SSSR count). The van der Waals surface area contributed by atoms with Crippen LogP contribution < -0.4 is 4.74 Å². The van der Waals surface area contributed by atoms with Gasteiger partial charge in [-0.25, -0.2) is 17.6 Å². The van der Waals surface area contributed by atoms with Crippen LogP contribution in [0, 0.1) is 5.82 Å². The van der Waals surface area contributed by atoms with E-state index >= 15 is 0 Å². The second-order valence-electron chi connectivity index (χ2n) is 6.22. The Morgan fingerprint density at radius 2 is 1.69 bits per heavy atom. The molecule has 0 N–H and O–H groups in total. The molecule has 0 saturated carbocycles. The number of hydrogen-bond acceptors (Lipinski definition) is 4. The first-order valence-electron chi connectivity index (χ1n) is 8.98. The van der Waals surface area contributed by atoms with Crippen LogP contribution in [0.5, 0.6) is 5.75 Å². The van der Waals surface area contributed by atoms with Crippen molar-refractivity contribution in [1.82, 2.24) is 4.31 Å². The SMILES string of the molecule is CCN(CC)S(=O)(=O)c1cc(C(=O)Oc2ccc(Cl)c3ccccc23)ccc1F. The average molecular weight is 436 g/mol. The maximum atomic E-state index is 14.3. The van der Waals surface area contributed by atoms with Gasteiger partial charge >= 0.3 is 5.97 Å². The van der Waals surface area contributed by atoms with E-state index < -0.39 is 26.7 Å². The van der Waals surface area contributed by atoms with E-state index in [2.05, 4.69) is 0 Å². The Balaban J connectivity index is 1.99. The van der Waals surface area contributed by atoms with E-state index in [0.29, 0.717) is 15.8 Å². The van der Waals surface area contributed by atoms with E-state index in [1.54, 1.807) is 44.2 Å². The van der Waals surface area contributed by atoms with Gasteiger partial charge in [0.15, 0.2) is 0 Å². The van der Waals surface area contributed by atoms with Crippen LogP contribution in [0.25, 0.3) is 10.8 Å². The standard InChI is InChI=1S/C21H19ClFNO4S/c1-3-24(4-2)29(26,27)20-13-14(9-11-18(20)23)21(25)28-19-12-10-17(22)15-7-5-6-8-16(15)19/h5-13H,3-4H2,1-2H3. The van der Waals surface area contributed by atoms with Crippen LogP contribution in [0.1, 0.15) is 24.2 Å². The third-order valence-corrected chi connectivity index (χ3v) is 6.92. The highest BCUT2D eigenvalue weighted by Crippen LogP contribution is 2.32. The second-order valence-corrected chi connectivity index (χ2v) is 8.53. The van der Waals surface area contributed by atoms with Gasteiger partial charge in [-0.2, -0.15) is 4.31 Å². The van der Waals surface area contributed by atoms with Crippen molar-refractivity contribution in [3.63, 3.8) is 0 Å². The van der Waals surface area contributed by atoms with E-state index in [-0.39, 0.29) is 24.4 Å². The van der Waals surface area contributed by atoms with Crippen molar-refractivity contribution in [2.75, 3.05) is 13.1 Å². The number of hydrogen-bond donors (Lipinski definition) is 0. The second kappa shape index (κ2) is 8.49. The molecule has 0 aliphatic carbocycles. The summed E-state index contributed by atoms with van der Waals surface area (Å²) in [5, 5.41) is 1.85. The van der Waals surface area contributed by atoms with Gasteiger partial charge in [-0.15, -0.1) is 0 Å². The monoisotopic (exact) mass is 435 g/mol. The average Bonchev–Trinajstić information content (AvgIpc) is 2.71. The number of ether oxygens (including phenoxy) is 1. The van der Waals surface area contributed by atoms with Crippen LogP contribution in [0.4, 0.5) is 4.39 Å². The number of esters is 1. The fraction of sp³-hybridized carbons (Fsp3) is 0.190. The molecule has 0 spiro atoms. The lowest BCUT2D eigenvalue weighted by molar-refractivity contribution is 0.0736. The lowest BCUT2D eigenvalue weighted by Crippen LogP contribution is -2.31.